The standard InChI is InChI=1S/C24H26N4O2/c29-24(30)16-28-9-7-20-5-3-19(12-23(20)28)15-27-8-1-2-18(14-27)10-17-4-6-22-21(11-17)13-25-26-22/h3-7,9,11-13,18H,1-2,8,10,14-16H2,(H,25,26)(H,29,30). The number of hydrogen-bond donors (Lipinski definition) is 2. The van der Waals surface area contributed by atoms with Crippen molar-refractivity contribution in [2.45, 2.75) is 32.4 Å². The molecule has 4 aromatic rings. The second-order valence-electron chi connectivity index (χ2n) is 8.47. The molecule has 6 heteroatoms. The highest BCUT2D eigenvalue weighted by atomic mass is 16.4. The predicted octanol–water partition coefficient (Wildman–Crippen LogP) is 4.06. The van der Waals surface area contributed by atoms with Crippen LogP contribution in [0.15, 0.2) is 54.9 Å². The van der Waals surface area contributed by atoms with Crippen LogP contribution in [0.3, 0.4) is 0 Å². The van der Waals surface area contributed by atoms with E-state index in [1.54, 1.807) is 0 Å². The summed E-state index contributed by atoms with van der Waals surface area (Å²) in [6.07, 6.45) is 7.33. The molecule has 0 bridgehead atoms. The number of nitrogens with one attached hydrogen (secondary N) is 1. The van der Waals surface area contributed by atoms with Crippen molar-refractivity contribution in [2.24, 2.45) is 5.92 Å². The van der Waals surface area contributed by atoms with Crippen LogP contribution in [0, 0.1) is 5.92 Å². The number of aromatic nitrogens is 3. The Bertz CT molecular complexity index is 1190. The number of carboxylic acids is 1. The molecule has 6 nitrogen and oxygen atoms in total. The zero-order chi connectivity index (χ0) is 20.5. The van der Waals surface area contributed by atoms with Crippen molar-refractivity contribution in [2.75, 3.05) is 13.1 Å². The van der Waals surface area contributed by atoms with Crippen molar-refractivity contribution in [3.8, 4) is 0 Å². The molecular formula is C24H26N4O2. The van der Waals surface area contributed by atoms with Gasteiger partial charge in [-0.1, -0.05) is 18.2 Å². The van der Waals surface area contributed by atoms with Gasteiger partial charge in [0.2, 0.25) is 0 Å². The van der Waals surface area contributed by atoms with Gasteiger partial charge in [0.15, 0.2) is 0 Å². The van der Waals surface area contributed by atoms with E-state index in [2.05, 4.69) is 51.5 Å². The summed E-state index contributed by atoms with van der Waals surface area (Å²) < 4.78 is 1.81. The molecular weight excluding hydrogens is 376 g/mol. The molecule has 3 heterocycles. The average Bonchev–Trinajstić information content (AvgIpc) is 3.34. The lowest BCUT2D eigenvalue weighted by Gasteiger charge is -2.33. The lowest BCUT2D eigenvalue weighted by atomic mass is 9.90. The molecule has 0 spiro atoms. The highest BCUT2D eigenvalue weighted by Crippen LogP contribution is 2.25. The Morgan fingerprint density at radius 2 is 2.03 bits per heavy atom. The van der Waals surface area contributed by atoms with Crippen molar-refractivity contribution in [1.82, 2.24) is 19.7 Å². The highest BCUT2D eigenvalue weighted by Gasteiger charge is 2.20. The van der Waals surface area contributed by atoms with E-state index in [9.17, 15) is 4.79 Å². The predicted molar refractivity (Wildman–Crippen MR) is 117 cm³/mol. The van der Waals surface area contributed by atoms with E-state index in [1.807, 2.05) is 23.0 Å². The Kier molecular flexibility index (Phi) is 5.01. The first-order chi connectivity index (χ1) is 14.6. The van der Waals surface area contributed by atoms with Gasteiger partial charge in [-0.2, -0.15) is 5.10 Å². The lowest BCUT2D eigenvalue weighted by molar-refractivity contribution is -0.137. The van der Waals surface area contributed by atoms with Crippen LogP contribution < -0.4 is 0 Å². The molecule has 2 aromatic carbocycles. The third kappa shape index (κ3) is 3.96. The number of hydrogen-bond acceptors (Lipinski definition) is 3. The van der Waals surface area contributed by atoms with E-state index in [1.165, 1.54) is 29.4 Å². The zero-order valence-electron chi connectivity index (χ0n) is 16.9. The number of likely N-dealkylation sites (tertiary alicyclic amines) is 1. The van der Waals surface area contributed by atoms with Crippen molar-refractivity contribution >= 4 is 27.8 Å². The molecule has 2 N–H and O–H groups in total. The molecule has 1 aliphatic heterocycles. The van der Waals surface area contributed by atoms with Crippen molar-refractivity contribution in [3.05, 3.63) is 66.0 Å². The first-order valence-electron chi connectivity index (χ1n) is 10.6. The number of nitrogens with zero attached hydrogens (tertiary/aromatic N) is 3. The number of H-pyrrole nitrogens is 1. The number of piperidine rings is 1. The molecule has 1 atom stereocenters. The molecule has 1 fully saturated rings. The molecule has 0 radical (unpaired) electrons. The normalized spacial score (nSPS) is 17.7. The first kappa shape index (κ1) is 18.9. The summed E-state index contributed by atoms with van der Waals surface area (Å²) in [5, 5.41) is 18.5. The topological polar surface area (TPSA) is 74.2 Å². The van der Waals surface area contributed by atoms with Crippen LogP contribution in [0.25, 0.3) is 21.8 Å². The molecule has 1 unspecified atom stereocenters. The molecule has 0 amide bonds. The SMILES string of the molecule is O=C(O)Cn1ccc2ccc(CN3CCCC(Cc4ccc5[nH]ncc5c4)C3)cc21. The van der Waals surface area contributed by atoms with E-state index in [4.69, 9.17) is 5.11 Å². The van der Waals surface area contributed by atoms with E-state index in [0.717, 1.165) is 42.5 Å². The van der Waals surface area contributed by atoms with Gasteiger partial charge in [0.05, 0.1) is 11.7 Å². The second-order valence-corrected chi connectivity index (χ2v) is 8.47. The van der Waals surface area contributed by atoms with Crippen molar-refractivity contribution in [3.63, 3.8) is 0 Å². The largest absolute Gasteiger partial charge is 0.480 e. The molecule has 5 rings (SSSR count). The third-order valence-corrected chi connectivity index (χ3v) is 6.18. The quantitative estimate of drug-likeness (QED) is 0.510. The van der Waals surface area contributed by atoms with Gasteiger partial charge >= 0.3 is 5.97 Å². The van der Waals surface area contributed by atoms with Crippen LogP contribution in [-0.4, -0.2) is 43.8 Å². The maximum absolute atomic E-state index is 11.1. The third-order valence-electron chi connectivity index (χ3n) is 6.18. The Morgan fingerprint density at radius 1 is 1.13 bits per heavy atom. The summed E-state index contributed by atoms with van der Waals surface area (Å²) in [6.45, 7) is 3.12. The van der Waals surface area contributed by atoms with Crippen LogP contribution in [0.2, 0.25) is 0 Å². The van der Waals surface area contributed by atoms with Gasteiger partial charge in [-0.05, 0) is 72.5 Å². The number of aromatic amines is 1. The van der Waals surface area contributed by atoms with Crippen LogP contribution in [0.1, 0.15) is 24.0 Å². The summed E-state index contributed by atoms with van der Waals surface area (Å²) in [4.78, 5) is 13.7. The number of carboxylic acid groups (broad SMARTS) is 1. The second kappa shape index (κ2) is 7.95. The minimum Gasteiger partial charge on any atom is -0.480 e. The Balaban J connectivity index is 1.27. The van der Waals surface area contributed by atoms with Gasteiger partial charge in [-0.15, -0.1) is 0 Å². The van der Waals surface area contributed by atoms with Gasteiger partial charge in [0.25, 0.3) is 0 Å². The number of fused-ring (bicyclic) bond motifs is 2. The zero-order valence-corrected chi connectivity index (χ0v) is 16.9. The monoisotopic (exact) mass is 402 g/mol. The molecule has 154 valence electrons. The number of rotatable bonds is 6. The Hall–Kier alpha value is -3.12. The minimum absolute atomic E-state index is 0.000250. The number of aliphatic carboxylic acids is 1. The molecule has 1 aliphatic rings. The number of benzene rings is 2. The molecule has 1 saturated heterocycles. The highest BCUT2D eigenvalue weighted by molar-refractivity contribution is 5.82. The van der Waals surface area contributed by atoms with Gasteiger partial charge in [0, 0.05) is 30.2 Å². The van der Waals surface area contributed by atoms with Crippen LogP contribution in [0.4, 0.5) is 0 Å². The van der Waals surface area contributed by atoms with Crippen LogP contribution in [-0.2, 0) is 24.3 Å². The minimum atomic E-state index is -0.814. The summed E-state index contributed by atoms with van der Waals surface area (Å²) >= 11 is 0. The lowest BCUT2D eigenvalue weighted by Crippen LogP contribution is -2.35. The van der Waals surface area contributed by atoms with E-state index >= 15 is 0 Å². The first-order valence-corrected chi connectivity index (χ1v) is 10.6. The van der Waals surface area contributed by atoms with Crippen molar-refractivity contribution in [1.29, 1.82) is 0 Å². The molecule has 0 aliphatic carbocycles. The van der Waals surface area contributed by atoms with Crippen LogP contribution >= 0.6 is 0 Å². The Labute approximate surface area is 175 Å². The number of carbonyl (C=O) groups is 1. The molecule has 2 aromatic heterocycles. The fourth-order valence-electron chi connectivity index (χ4n) is 4.78. The maximum atomic E-state index is 11.1. The smallest absolute Gasteiger partial charge is 0.323 e. The van der Waals surface area contributed by atoms with E-state index < -0.39 is 5.97 Å². The summed E-state index contributed by atoms with van der Waals surface area (Å²) in [5.74, 6) is -0.159. The van der Waals surface area contributed by atoms with Crippen molar-refractivity contribution < 1.29 is 9.90 Å². The molecule has 0 saturated carbocycles. The summed E-state index contributed by atoms with van der Waals surface area (Å²) in [6, 6.07) is 15.0. The van der Waals surface area contributed by atoms with Gasteiger partial charge in [0.1, 0.15) is 6.54 Å². The fraction of sp³-hybridized carbons (Fsp3) is 0.333. The summed E-state index contributed by atoms with van der Waals surface area (Å²) in [5.41, 5.74) is 4.71. The van der Waals surface area contributed by atoms with E-state index in [0.29, 0.717) is 5.92 Å². The Morgan fingerprint density at radius 3 is 2.93 bits per heavy atom. The maximum Gasteiger partial charge on any atom is 0.323 e. The van der Waals surface area contributed by atoms with Gasteiger partial charge in [-0.3, -0.25) is 14.8 Å². The van der Waals surface area contributed by atoms with Crippen LogP contribution in [0.5, 0.6) is 0 Å². The summed E-state index contributed by atoms with van der Waals surface area (Å²) in [7, 11) is 0. The van der Waals surface area contributed by atoms with Gasteiger partial charge in [-0.25, -0.2) is 0 Å². The fourth-order valence-corrected chi connectivity index (χ4v) is 4.78. The van der Waals surface area contributed by atoms with E-state index in [-0.39, 0.29) is 6.54 Å². The average molecular weight is 402 g/mol. The molecule has 30 heavy (non-hydrogen) atoms. The van der Waals surface area contributed by atoms with Gasteiger partial charge < -0.3 is 9.67 Å².